The number of hydrogen-bond donors (Lipinski definition) is 0. The van der Waals surface area contributed by atoms with E-state index in [1.165, 1.54) is 18.7 Å². The lowest BCUT2D eigenvalue weighted by Crippen LogP contribution is -2.09. The van der Waals surface area contributed by atoms with Crippen LogP contribution in [0.3, 0.4) is 0 Å². The maximum Gasteiger partial charge on any atom is 0.286 e. The van der Waals surface area contributed by atoms with E-state index in [0.717, 1.165) is 6.92 Å². The molecule has 0 radical (unpaired) electrons. The second-order valence-electron chi connectivity index (χ2n) is 3.29. The zero-order chi connectivity index (χ0) is 11.8. The van der Waals surface area contributed by atoms with E-state index in [4.69, 9.17) is 4.42 Å². The Morgan fingerprint density at radius 3 is 2.50 bits per heavy atom. The Bertz CT molecular complexity index is 490. The molecule has 2 heterocycles. The molecule has 0 saturated carbocycles. The summed E-state index contributed by atoms with van der Waals surface area (Å²) in [4.78, 5) is 7.61. The molecule has 0 saturated heterocycles. The topological polar surface area (TPSA) is 38.9 Å². The van der Waals surface area contributed by atoms with Crippen molar-refractivity contribution in [3.05, 3.63) is 34.1 Å². The SMILES string of the molecule is CC(F)(F)c1ccc(-c2ocnc2I)cn1. The molecule has 0 unspecified atom stereocenters. The van der Waals surface area contributed by atoms with E-state index in [1.54, 1.807) is 6.07 Å². The smallest absolute Gasteiger partial charge is 0.286 e. The third-order valence-electron chi connectivity index (χ3n) is 2.00. The lowest BCUT2D eigenvalue weighted by molar-refractivity contribution is 0.0128. The second kappa shape index (κ2) is 4.08. The fourth-order valence-corrected chi connectivity index (χ4v) is 1.76. The molecule has 84 valence electrons. The van der Waals surface area contributed by atoms with Crippen LogP contribution in [0.15, 0.2) is 29.1 Å². The first-order valence-corrected chi connectivity index (χ1v) is 5.50. The van der Waals surface area contributed by atoms with Crippen molar-refractivity contribution in [2.75, 3.05) is 0 Å². The number of hydrogen-bond acceptors (Lipinski definition) is 3. The van der Waals surface area contributed by atoms with Gasteiger partial charge >= 0.3 is 0 Å². The summed E-state index contributed by atoms with van der Waals surface area (Å²) in [6.07, 6.45) is 2.66. The van der Waals surface area contributed by atoms with E-state index in [-0.39, 0.29) is 5.69 Å². The van der Waals surface area contributed by atoms with Gasteiger partial charge in [-0.05, 0) is 34.7 Å². The van der Waals surface area contributed by atoms with Gasteiger partial charge in [-0.25, -0.2) is 4.98 Å². The highest BCUT2D eigenvalue weighted by atomic mass is 127. The van der Waals surface area contributed by atoms with Crippen molar-refractivity contribution in [2.24, 2.45) is 0 Å². The van der Waals surface area contributed by atoms with Crippen LogP contribution in [0, 0.1) is 3.70 Å². The maximum absolute atomic E-state index is 12.9. The van der Waals surface area contributed by atoms with Crippen molar-refractivity contribution in [3.8, 4) is 11.3 Å². The van der Waals surface area contributed by atoms with Gasteiger partial charge in [-0.1, -0.05) is 0 Å². The molecule has 3 nitrogen and oxygen atoms in total. The molecular formula is C10H7F2IN2O. The highest BCUT2D eigenvalue weighted by Gasteiger charge is 2.25. The van der Waals surface area contributed by atoms with Crippen LogP contribution in [-0.4, -0.2) is 9.97 Å². The van der Waals surface area contributed by atoms with Crippen LogP contribution in [0.5, 0.6) is 0 Å². The van der Waals surface area contributed by atoms with E-state index in [9.17, 15) is 8.78 Å². The van der Waals surface area contributed by atoms with E-state index >= 15 is 0 Å². The Hall–Kier alpha value is -1.05. The first-order valence-electron chi connectivity index (χ1n) is 4.42. The Labute approximate surface area is 104 Å². The Kier molecular flexibility index (Phi) is 2.92. The molecule has 0 aliphatic carbocycles. The third-order valence-corrected chi connectivity index (χ3v) is 2.77. The van der Waals surface area contributed by atoms with Crippen molar-refractivity contribution in [1.29, 1.82) is 0 Å². The molecular weight excluding hydrogens is 329 g/mol. The van der Waals surface area contributed by atoms with Crippen LogP contribution < -0.4 is 0 Å². The number of nitrogens with zero attached hydrogens (tertiary/aromatic N) is 2. The normalized spacial score (nSPS) is 11.8. The van der Waals surface area contributed by atoms with Crippen LogP contribution in [-0.2, 0) is 5.92 Å². The molecule has 0 fully saturated rings. The number of alkyl halides is 2. The third kappa shape index (κ3) is 2.21. The van der Waals surface area contributed by atoms with Gasteiger partial charge in [0.2, 0.25) is 0 Å². The van der Waals surface area contributed by atoms with Gasteiger partial charge in [0, 0.05) is 18.7 Å². The molecule has 2 rings (SSSR count). The number of aromatic nitrogens is 2. The summed E-state index contributed by atoms with van der Waals surface area (Å²) in [5.41, 5.74) is 0.376. The van der Waals surface area contributed by atoms with Crippen molar-refractivity contribution >= 4 is 22.6 Å². The van der Waals surface area contributed by atoms with Crippen LogP contribution in [0.4, 0.5) is 8.78 Å². The van der Waals surface area contributed by atoms with E-state index in [1.807, 2.05) is 22.6 Å². The van der Waals surface area contributed by atoms with Gasteiger partial charge in [0.25, 0.3) is 5.92 Å². The van der Waals surface area contributed by atoms with Gasteiger partial charge in [-0.15, -0.1) is 0 Å². The minimum atomic E-state index is -2.92. The molecule has 0 amide bonds. The van der Waals surface area contributed by atoms with E-state index in [2.05, 4.69) is 9.97 Å². The maximum atomic E-state index is 12.9. The molecule has 2 aromatic rings. The highest BCUT2D eigenvalue weighted by molar-refractivity contribution is 14.1. The van der Waals surface area contributed by atoms with Gasteiger partial charge in [0.05, 0.1) is 0 Å². The average Bonchev–Trinajstić information content (AvgIpc) is 2.63. The monoisotopic (exact) mass is 336 g/mol. The molecule has 0 aliphatic heterocycles. The predicted octanol–water partition coefficient (Wildman–Crippen LogP) is 3.45. The summed E-state index contributed by atoms with van der Waals surface area (Å²) in [6.45, 7) is 0.813. The van der Waals surface area contributed by atoms with Crippen LogP contribution in [0.25, 0.3) is 11.3 Å². The van der Waals surface area contributed by atoms with E-state index in [0.29, 0.717) is 15.0 Å². The first kappa shape index (κ1) is 11.4. The summed E-state index contributed by atoms with van der Waals surface area (Å²) < 4.78 is 31.6. The van der Waals surface area contributed by atoms with E-state index < -0.39 is 5.92 Å². The molecule has 0 atom stereocenters. The number of pyridine rings is 1. The van der Waals surface area contributed by atoms with Crippen LogP contribution in [0.2, 0.25) is 0 Å². The molecule has 16 heavy (non-hydrogen) atoms. The number of oxazole rings is 1. The van der Waals surface area contributed by atoms with Crippen molar-refractivity contribution < 1.29 is 13.2 Å². The van der Waals surface area contributed by atoms with Gasteiger partial charge < -0.3 is 4.42 Å². The van der Waals surface area contributed by atoms with Gasteiger partial charge in [0.1, 0.15) is 9.39 Å². The average molecular weight is 336 g/mol. The van der Waals surface area contributed by atoms with Gasteiger partial charge in [-0.2, -0.15) is 8.78 Å². The summed E-state index contributed by atoms with van der Waals surface area (Å²) in [7, 11) is 0. The van der Waals surface area contributed by atoms with Crippen molar-refractivity contribution in [1.82, 2.24) is 9.97 Å². The molecule has 2 aromatic heterocycles. The minimum absolute atomic E-state index is 0.259. The van der Waals surface area contributed by atoms with Crippen LogP contribution in [0.1, 0.15) is 12.6 Å². The summed E-state index contributed by atoms with van der Waals surface area (Å²) in [5.74, 6) is -2.38. The second-order valence-corrected chi connectivity index (χ2v) is 4.31. The predicted molar refractivity (Wildman–Crippen MR) is 62.0 cm³/mol. The first-order chi connectivity index (χ1) is 7.48. The molecule has 0 aromatic carbocycles. The summed E-state index contributed by atoms with van der Waals surface area (Å²) >= 11 is 2.00. The quantitative estimate of drug-likeness (QED) is 0.789. The zero-order valence-corrected chi connectivity index (χ0v) is 10.4. The molecule has 0 spiro atoms. The Morgan fingerprint density at radius 1 is 1.31 bits per heavy atom. The largest absolute Gasteiger partial charge is 0.442 e. The number of rotatable bonds is 2. The standard InChI is InChI=1S/C10H7F2IN2O/c1-10(11,12)7-3-2-6(4-14-7)8-9(13)15-5-16-8/h2-5H,1H3. The van der Waals surface area contributed by atoms with Crippen molar-refractivity contribution in [3.63, 3.8) is 0 Å². The van der Waals surface area contributed by atoms with Crippen molar-refractivity contribution in [2.45, 2.75) is 12.8 Å². The Balaban J connectivity index is 2.37. The molecule has 0 N–H and O–H groups in total. The summed E-state index contributed by atoms with van der Waals surface area (Å²) in [6, 6.07) is 2.83. The fourth-order valence-electron chi connectivity index (χ4n) is 1.21. The Morgan fingerprint density at radius 2 is 2.06 bits per heavy atom. The highest BCUT2D eigenvalue weighted by Crippen LogP contribution is 2.28. The van der Waals surface area contributed by atoms with Gasteiger partial charge in [-0.3, -0.25) is 4.98 Å². The molecule has 0 aliphatic rings. The lowest BCUT2D eigenvalue weighted by atomic mass is 10.2. The fraction of sp³-hybridized carbons (Fsp3) is 0.200. The lowest BCUT2D eigenvalue weighted by Gasteiger charge is -2.08. The van der Waals surface area contributed by atoms with Gasteiger partial charge in [0.15, 0.2) is 12.2 Å². The molecule has 0 bridgehead atoms. The van der Waals surface area contributed by atoms with Crippen LogP contribution >= 0.6 is 22.6 Å². The summed E-state index contributed by atoms with van der Waals surface area (Å²) in [5, 5.41) is 0. The zero-order valence-electron chi connectivity index (χ0n) is 8.25. The number of halogens is 3. The minimum Gasteiger partial charge on any atom is -0.442 e. The molecule has 6 heteroatoms.